The summed E-state index contributed by atoms with van der Waals surface area (Å²) in [6.45, 7) is 2.01. The van der Waals surface area contributed by atoms with Gasteiger partial charge in [0.15, 0.2) is 6.29 Å². The van der Waals surface area contributed by atoms with Gasteiger partial charge in [-0.25, -0.2) is 4.98 Å². The van der Waals surface area contributed by atoms with Crippen molar-refractivity contribution in [1.82, 2.24) is 14.6 Å². The first kappa shape index (κ1) is 10.4. The van der Waals surface area contributed by atoms with Crippen LogP contribution in [0.4, 0.5) is 0 Å². The molecule has 82 valence electrons. The second-order valence-electron chi connectivity index (χ2n) is 3.34. The molecule has 0 unspecified atom stereocenters. The largest absolute Gasteiger partial charge is 0.339 e. The predicted octanol–water partition coefficient (Wildman–Crippen LogP) is 1.03. The van der Waals surface area contributed by atoms with Crippen LogP contribution >= 0.6 is 0 Å². The number of nitrogen functional groups attached to an aromatic ring is 1. The standard InChI is InChI=1S/C11H12N4O/c1-2-8-3-4-10(15(8)12)11-9(7-16)13-5-6-14-11/h3-7H,2,12H2,1H3. The number of rotatable bonds is 3. The molecule has 0 amide bonds. The van der Waals surface area contributed by atoms with Crippen LogP contribution in [-0.4, -0.2) is 20.9 Å². The van der Waals surface area contributed by atoms with Gasteiger partial charge < -0.3 is 5.84 Å². The van der Waals surface area contributed by atoms with E-state index in [1.165, 1.54) is 10.9 Å². The van der Waals surface area contributed by atoms with Gasteiger partial charge in [0.25, 0.3) is 0 Å². The molecule has 0 fully saturated rings. The van der Waals surface area contributed by atoms with Crippen LogP contribution < -0.4 is 5.84 Å². The summed E-state index contributed by atoms with van der Waals surface area (Å²) < 4.78 is 1.54. The average molecular weight is 216 g/mol. The smallest absolute Gasteiger partial charge is 0.170 e. The second-order valence-corrected chi connectivity index (χ2v) is 3.34. The summed E-state index contributed by atoms with van der Waals surface area (Å²) in [4.78, 5) is 18.9. The Labute approximate surface area is 92.9 Å². The Morgan fingerprint density at radius 1 is 1.38 bits per heavy atom. The lowest BCUT2D eigenvalue weighted by Crippen LogP contribution is -2.14. The van der Waals surface area contributed by atoms with Crippen LogP contribution in [0.15, 0.2) is 24.5 Å². The van der Waals surface area contributed by atoms with Crippen molar-refractivity contribution in [3.05, 3.63) is 35.9 Å². The lowest BCUT2D eigenvalue weighted by molar-refractivity contribution is 0.111. The lowest BCUT2D eigenvalue weighted by atomic mass is 10.2. The second kappa shape index (κ2) is 4.14. The van der Waals surface area contributed by atoms with E-state index in [0.29, 0.717) is 23.4 Å². The number of aldehydes is 1. The maximum Gasteiger partial charge on any atom is 0.170 e. The number of carbonyl (C=O) groups excluding carboxylic acids is 1. The molecule has 2 rings (SSSR count). The highest BCUT2D eigenvalue weighted by molar-refractivity contribution is 5.82. The van der Waals surface area contributed by atoms with Gasteiger partial charge in [-0.05, 0) is 18.6 Å². The Bertz CT molecular complexity index is 518. The van der Waals surface area contributed by atoms with Crippen molar-refractivity contribution >= 4 is 6.29 Å². The molecule has 0 aliphatic carbocycles. The molecule has 0 aromatic carbocycles. The fraction of sp³-hybridized carbons (Fsp3) is 0.182. The van der Waals surface area contributed by atoms with Crippen LogP contribution in [-0.2, 0) is 6.42 Å². The zero-order valence-electron chi connectivity index (χ0n) is 8.92. The summed E-state index contributed by atoms with van der Waals surface area (Å²) in [6, 6.07) is 3.76. The van der Waals surface area contributed by atoms with Gasteiger partial charge in [0.2, 0.25) is 0 Å². The topological polar surface area (TPSA) is 73.8 Å². The zero-order chi connectivity index (χ0) is 11.5. The third kappa shape index (κ3) is 1.56. The number of carbonyl (C=O) groups is 1. The van der Waals surface area contributed by atoms with E-state index >= 15 is 0 Å². The quantitative estimate of drug-likeness (QED) is 0.614. The molecular weight excluding hydrogens is 204 g/mol. The molecule has 0 spiro atoms. The molecule has 2 N–H and O–H groups in total. The fourth-order valence-electron chi connectivity index (χ4n) is 1.60. The van der Waals surface area contributed by atoms with Crippen molar-refractivity contribution in [3.63, 3.8) is 0 Å². The highest BCUT2D eigenvalue weighted by atomic mass is 16.1. The third-order valence-corrected chi connectivity index (χ3v) is 2.45. The zero-order valence-corrected chi connectivity index (χ0v) is 8.92. The Morgan fingerprint density at radius 2 is 2.12 bits per heavy atom. The van der Waals surface area contributed by atoms with Gasteiger partial charge in [0.05, 0.1) is 5.69 Å². The molecule has 2 aromatic heterocycles. The molecule has 0 saturated carbocycles. The number of hydrogen-bond donors (Lipinski definition) is 1. The minimum absolute atomic E-state index is 0.301. The maximum atomic E-state index is 10.8. The minimum Gasteiger partial charge on any atom is -0.339 e. The summed E-state index contributed by atoms with van der Waals surface area (Å²) in [7, 11) is 0. The fourth-order valence-corrected chi connectivity index (χ4v) is 1.60. The van der Waals surface area contributed by atoms with E-state index in [2.05, 4.69) is 9.97 Å². The molecule has 5 heteroatoms. The molecule has 0 radical (unpaired) electrons. The first-order valence-corrected chi connectivity index (χ1v) is 5.00. The van der Waals surface area contributed by atoms with E-state index in [9.17, 15) is 4.79 Å². The molecule has 2 heterocycles. The van der Waals surface area contributed by atoms with Gasteiger partial charge >= 0.3 is 0 Å². The van der Waals surface area contributed by atoms with Crippen LogP contribution in [0.2, 0.25) is 0 Å². The number of hydrogen-bond acceptors (Lipinski definition) is 4. The Morgan fingerprint density at radius 3 is 2.75 bits per heavy atom. The van der Waals surface area contributed by atoms with Gasteiger partial charge in [-0.15, -0.1) is 0 Å². The molecule has 0 aliphatic heterocycles. The van der Waals surface area contributed by atoms with E-state index in [1.807, 2.05) is 19.1 Å². The predicted molar refractivity (Wildman–Crippen MR) is 60.4 cm³/mol. The van der Waals surface area contributed by atoms with Crippen LogP contribution in [0.25, 0.3) is 11.4 Å². The Hall–Kier alpha value is -2.17. The summed E-state index contributed by atoms with van der Waals surface area (Å²) in [5.74, 6) is 5.90. The van der Waals surface area contributed by atoms with Crippen molar-refractivity contribution < 1.29 is 4.79 Å². The molecule has 0 bridgehead atoms. The lowest BCUT2D eigenvalue weighted by Gasteiger charge is -2.06. The summed E-state index contributed by atoms with van der Waals surface area (Å²) >= 11 is 0. The minimum atomic E-state index is 0.301. The van der Waals surface area contributed by atoms with Crippen molar-refractivity contribution in [1.29, 1.82) is 0 Å². The molecule has 0 atom stereocenters. The summed E-state index contributed by atoms with van der Waals surface area (Å²) in [5.41, 5.74) is 2.50. The van der Waals surface area contributed by atoms with Gasteiger partial charge in [-0.1, -0.05) is 6.92 Å². The van der Waals surface area contributed by atoms with E-state index < -0.39 is 0 Å². The van der Waals surface area contributed by atoms with Crippen molar-refractivity contribution in [3.8, 4) is 11.4 Å². The first-order chi connectivity index (χ1) is 7.77. The SMILES string of the molecule is CCc1ccc(-c2nccnc2C=O)n1N. The summed E-state index contributed by atoms with van der Waals surface area (Å²) in [6.07, 6.45) is 4.53. The number of aromatic nitrogens is 3. The van der Waals surface area contributed by atoms with Gasteiger partial charge in [-0.3, -0.25) is 14.5 Å². The number of nitrogens with zero attached hydrogens (tertiary/aromatic N) is 3. The van der Waals surface area contributed by atoms with E-state index in [-0.39, 0.29) is 0 Å². The monoisotopic (exact) mass is 216 g/mol. The van der Waals surface area contributed by atoms with Gasteiger partial charge in [0.1, 0.15) is 11.4 Å². The third-order valence-electron chi connectivity index (χ3n) is 2.45. The van der Waals surface area contributed by atoms with Crippen LogP contribution in [0.3, 0.4) is 0 Å². The van der Waals surface area contributed by atoms with E-state index in [1.54, 1.807) is 6.20 Å². The van der Waals surface area contributed by atoms with Gasteiger partial charge in [-0.2, -0.15) is 0 Å². The first-order valence-electron chi connectivity index (χ1n) is 5.00. The van der Waals surface area contributed by atoms with Crippen molar-refractivity contribution in [2.24, 2.45) is 0 Å². The molecule has 0 saturated heterocycles. The normalized spacial score (nSPS) is 10.3. The van der Waals surface area contributed by atoms with Crippen molar-refractivity contribution in [2.45, 2.75) is 13.3 Å². The van der Waals surface area contributed by atoms with E-state index in [4.69, 9.17) is 5.84 Å². The average Bonchev–Trinajstić information content (AvgIpc) is 2.70. The molecule has 16 heavy (non-hydrogen) atoms. The maximum absolute atomic E-state index is 10.8. The highest BCUT2D eigenvalue weighted by Crippen LogP contribution is 2.20. The van der Waals surface area contributed by atoms with Gasteiger partial charge in [0, 0.05) is 18.1 Å². The molecular formula is C11H12N4O. The van der Waals surface area contributed by atoms with Crippen LogP contribution in [0.1, 0.15) is 23.1 Å². The van der Waals surface area contributed by atoms with E-state index in [0.717, 1.165) is 12.1 Å². The number of nitrogens with two attached hydrogens (primary N) is 1. The van der Waals surface area contributed by atoms with Crippen molar-refractivity contribution in [2.75, 3.05) is 5.84 Å². The Balaban J connectivity index is 2.58. The summed E-state index contributed by atoms with van der Waals surface area (Å²) in [5, 5.41) is 0. The molecule has 2 aromatic rings. The number of aryl methyl sites for hydroxylation is 1. The van der Waals surface area contributed by atoms with Crippen LogP contribution in [0.5, 0.6) is 0 Å². The van der Waals surface area contributed by atoms with Crippen LogP contribution in [0, 0.1) is 0 Å². The Kier molecular flexibility index (Phi) is 2.68. The highest BCUT2D eigenvalue weighted by Gasteiger charge is 2.12. The molecule has 5 nitrogen and oxygen atoms in total. The molecule has 0 aliphatic rings.